The van der Waals surface area contributed by atoms with E-state index in [4.69, 9.17) is 11.6 Å². The molecule has 8 heteroatoms. The van der Waals surface area contributed by atoms with Crippen molar-refractivity contribution in [1.29, 1.82) is 0 Å². The number of aryl methyl sites for hydroxylation is 1. The highest BCUT2D eigenvalue weighted by molar-refractivity contribution is 6.31. The minimum atomic E-state index is -0.447. The summed E-state index contributed by atoms with van der Waals surface area (Å²) < 4.78 is 0. The van der Waals surface area contributed by atoms with Gasteiger partial charge in [0.25, 0.3) is 0 Å². The van der Waals surface area contributed by atoms with E-state index in [0.29, 0.717) is 23.8 Å². The molecule has 138 valence electrons. The van der Waals surface area contributed by atoms with Gasteiger partial charge in [0.1, 0.15) is 5.82 Å². The van der Waals surface area contributed by atoms with E-state index < -0.39 is 5.92 Å². The van der Waals surface area contributed by atoms with Gasteiger partial charge < -0.3 is 19.9 Å². The molecule has 1 aromatic carbocycles. The van der Waals surface area contributed by atoms with Crippen molar-refractivity contribution in [1.82, 2.24) is 14.9 Å². The molecule has 0 saturated carbocycles. The van der Waals surface area contributed by atoms with E-state index in [2.05, 4.69) is 9.97 Å². The number of rotatable bonds is 6. The number of carbonyl (C=O) groups is 2. The fourth-order valence-corrected chi connectivity index (χ4v) is 3.35. The Morgan fingerprint density at radius 3 is 2.96 bits per heavy atom. The van der Waals surface area contributed by atoms with Crippen molar-refractivity contribution in [3.63, 3.8) is 0 Å². The molecule has 3 rings (SSSR count). The molecule has 26 heavy (non-hydrogen) atoms. The Kier molecular flexibility index (Phi) is 5.58. The van der Waals surface area contributed by atoms with Crippen LogP contribution in [-0.2, 0) is 16.1 Å². The number of aromatic nitrogens is 2. The first-order valence-corrected chi connectivity index (χ1v) is 8.82. The van der Waals surface area contributed by atoms with Crippen molar-refractivity contribution in [3.8, 4) is 0 Å². The lowest BCUT2D eigenvalue weighted by atomic mass is 10.1. The van der Waals surface area contributed by atoms with Gasteiger partial charge in [0.2, 0.25) is 11.8 Å². The van der Waals surface area contributed by atoms with Crippen molar-refractivity contribution in [2.45, 2.75) is 19.9 Å². The SMILES string of the molecule is Cc1ncc(CN(CCO)C(=O)C2CC(=O)N(c3cccc(Cl)c3)C2)[nH]1. The Hall–Kier alpha value is -2.38. The van der Waals surface area contributed by atoms with E-state index in [1.54, 1.807) is 40.3 Å². The van der Waals surface area contributed by atoms with E-state index in [-0.39, 0.29) is 31.4 Å². The van der Waals surface area contributed by atoms with Crippen LogP contribution in [0.4, 0.5) is 5.69 Å². The number of hydrogen-bond donors (Lipinski definition) is 2. The second kappa shape index (κ2) is 7.88. The van der Waals surface area contributed by atoms with Crippen molar-refractivity contribution in [3.05, 3.63) is 47.0 Å². The minimum absolute atomic E-state index is 0.105. The van der Waals surface area contributed by atoms with Crippen LogP contribution in [0, 0.1) is 12.8 Å². The third-order valence-electron chi connectivity index (χ3n) is 4.39. The number of hydrogen-bond acceptors (Lipinski definition) is 4. The summed E-state index contributed by atoms with van der Waals surface area (Å²) in [5.74, 6) is 0.0627. The number of H-pyrrole nitrogens is 1. The highest BCUT2D eigenvalue weighted by Gasteiger charge is 2.37. The zero-order valence-corrected chi connectivity index (χ0v) is 15.2. The Labute approximate surface area is 156 Å². The quantitative estimate of drug-likeness (QED) is 0.803. The molecule has 1 fully saturated rings. The molecule has 2 heterocycles. The number of anilines is 1. The molecule has 1 aromatic heterocycles. The number of aliphatic hydroxyl groups excluding tert-OH is 1. The van der Waals surface area contributed by atoms with Crippen LogP contribution in [0.2, 0.25) is 5.02 Å². The van der Waals surface area contributed by atoms with E-state index in [1.807, 2.05) is 6.92 Å². The lowest BCUT2D eigenvalue weighted by Crippen LogP contribution is -2.38. The fraction of sp³-hybridized carbons (Fsp3) is 0.389. The van der Waals surface area contributed by atoms with Gasteiger partial charge in [0.05, 0.1) is 31.0 Å². The van der Waals surface area contributed by atoms with Crippen LogP contribution in [-0.4, -0.2) is 51.5 Å². The van der Waals surface area contributed by atoms with Gasteiger partial charge in [-0.3, -0.25) is 9.59 Å². The molecule has 7 nitrogen and oxygen atoms in total. The second-order valence-corrected chi connectivity index (χ2v) is 6.80. The molecule has 1 saturated heterocycles. The first-order chi connectivity index (χ1) is 12.5. The van der Waals surface area contributed by atoms with Gasteiger partial charge in [0, 0.05) is 30.2 Å². The van der Waals surface area contributed by atoms with Gasteiger partial charge in [-0.25, -0.2) is 4.98 Å². The molecule has 2 amide bonds. The molecule has 1 aliphatic rings. The summed E-state index contributed by atoms with van der Waals surface area (Å²) in [5.41, 5.74) is 1.48. The maximum Gasteiger partial charge on any atom is 0.228 e. The minimum Gasteiger partial charge on any atom is -0.395 e. The molecular weight excluding hydrogens is 356 g/mol. The van der Waals surface area contributed by atoms with E-state index in [9.17, 15) is 14.7 Å². The van der Waals surface area contributed by atoms with Crippen LogP contribution >= 0.6 is 11.6 Å². The Balaban J connectivity index is 1.72. The number of carbonyl (C=O) groups excluding carboxylic acids is 2. The summed E-state index contributed by atoms with van der Waals surface area (Å²) in [6, 6.07) is 7.03. The van der Waals surface area contributed by atoms with Gasteiger partial charge in [0.15, 0.2) is 0 Å². The van der Waals surface area contributed by atoms with Crippen molar-refractivity contribution in [2.24, 2.45) is 5.92 Å². The van der Waals surface area contributed by atoms with Gasteiger partial charge in [-0.1, -0.05) is 17.7 Å². The molecule has 2 aromatic rings. The van der Waals surface area contributed by atoms with Gasteiger partial charge in [-0.05, 0) is 25.1 Å². The van der Waals surface area contributed by atoms with Crippen LogP contribution in [0.25, 0.3) is 0 Å². The van der Waals surface area contributed by atoms with E-state index in [1.165, 1.54) is 0 Å². The van der Waals surface area contributed by atoms with Crippen LogP contribution in [0.5, 0.6) is 0 Å². The number of imidazole rings is 1. The van der Waals surface area contributed by atoms with Crippen LogP contribution < -0.4 is 4.90 Å². The maximum absolute atomic E-state index is 12.9. The summed E-state index contributed by atoms with van der Waals surface area (Å²) in [7, 11) is 0. The molecule has 2 N–H and O–H groups in total. The van der Waals surface area contributed by atoms with Gasteiger partial charge >= 0.3 is 0 Å². The monoisotopic (exact) mass is 376 g/mol. The summed E-state index contributed by atoms with van der Waals surface area (Å²) in [6.45, 7) is 2.53. The van der Waals surface area contributed by atoms with E-state index >= 15 is 0 Å². The average Bonchev–Trinajstić information content (AvgIpc) is 3.19. The molecule has 1 atom stereocenters. The van der Waals surface area contributed by atoms with Crippen molar-refractivity contribution < 1.29 is 14.7 Å². The molecule has 1 aliphatic heterocycles. The largest absolute Gasteiger partial charge is 0.395 e. The number of amides is 2. The molecule has 0 radical (unpaired) electrons. The van der Waals surface area contributed by atoms with Crippen LogP contribution in [0.1, 0.15) is 17.9 Å². The number of benzene rings is 1. The molecule has 0 spiro atoms. The summed E-state index contributed by atoms with van der Waals surface area (Å²) >= 11 is 6.00. The summed E-state index contributed by atoms with van der Waals surface area (Å²) in [4.78, 5) is 35.7. The highest BCUT2D eigenvalue weighted by Crippen LogP contribution is 2.28. The lowest BCUT2D eigenvalue weighted by molar-refractivity contribution is -0.137. The van der Waals surface area contributed by atoms with E-state index in [0.717, 1.165) is 11.5 Å². The predicted octanol–water partition coefficient (Wildman–Crippen LogP) is 1.75. The second-order valence-electron chi connectivity index (χ2n) is 6.36. The van der Waals surface area contributed by atoms with Gasteiger partial charge in [-0.2, -0.15) is 0 Å². The fourth-order valence-electron chi connectivity index (χ4n) is 3.17. The molecular formula is C18H21ClN4O3. The average molecular weight is 377 g/mol. The first-order valence-electron chi connectivity index (χ1n) is 8.44. The molecule has 0 bridgehead atoms. The zero-order chi connectivity index (χ0) is 18.7. The Morgan fingerprint density at radius 2 is 2.31 bits per heavy atom. The Morgan fingerprint density at radius 1 is 1.50 bits per heavy atom. The zero-order valence-electron chi connectivity index (χ0n) is 14.5. The molecule has 1 unspecified atom stereocenters. The first kappa shape index (κ1) is 18.4. The summed E-state index contributed by atoms with van der Waals surface area (Å²) in [5, 5.41) is 9.86. The van der Waals surface area contributed by atoms with Crippen LogP contribution in [0.15, 0.2) is 30.5 Å². The predicted molar refractivity (Wildman–Crippen MR) is 97.7 cm³/mol. The number of aromatic amines is 1. The third-order valence-corrected chi connectivity index (χ3v) is 4.63. The smallest absolute Gasteiger partial charge is 0.228 e. The van der Waals surface area contributed by atoms with Gasteiger partial charge in [-0.15, -0.1) is 0 Å². The normalized spacial score (nSPS) is 17.0. The van der Waals surface area contributed by atoms with Crippen molar-refractivity contribution >= 4 is 29.1 Å². The lowest BCUT2D eigenvalue weighted by Gasteiger charge is -2.24. The number of nitrogens with one attached hydrogen (secondary N) is 1. The number of aliphatic hydroxyl groups is 1. The van der Waals surface area contributed by atoms with Crippen LogP contribution in [0.3, 0.4) is 0 Å². The third kappa shape index (κ3) is 4.05. The number of halogens is 1. The molecule has 0 aliphatic carbocycles. The maximum atomic E-state index is 12.9. The summed E-state index contributed by atoms with van der Waals surface area (Å²) in [6.07, 6.45) is 1.82. The highest BCUT2D eigenvalue weighted by atomic mass is 35.5. The van der Waals surface area contributed by atoms with Crippen molar-refractivity contribution in [2.75, 3.05) is 24.6 Å². The standard InChI is InChI=1S/C18H21ClN4O3/c1-12-20-9-15(21-12)11-22(5-6-24)18(26)13-7-17(25)23(10-13)16-4-2-3-14(19)8-16/h2-4,8-9,13,24H,5-7,10-11H2,1H3,(H,20,21). The topological polar surface area (TPSA) is 89.5 Å². The number of nitrogens with zero attached hydrogens (tertiary/aromatic N) is 3. The Bertz CT molecular complexity index is 807.